The third kappa shape index (κ3) is 4.28. The standard InChI is InChI=1S/C17H17N3O3S2/c1-12-6-9-17(24-12)25(21,22)20-16-8-7-14(11-18-16)19-13-4-3-5-15(10-13)23-2/h3-11,19H,1-2H3,(H,18,20). The maximum absolute atomic E-state index is 12.3. The van der Waals surface area contributed by atoms with Crippen molar-refractivity contribution in [3.05, 3.63) is 59.6 Å². The monoisotopic (exact) mass is 375 g/mol. The first kappa shape index (κ1) is 17.2. The quantitative estimate of drug-likeness (QED) is 0.680. The van der Waals surface area contributed by atoms with Crippen molar-refractivity contribution in [3.8, 4) is 5.75 Å². The van der Waals surface area contributed by atoms with Crippen molar-refractivity contribution in [1.82, 2.24) is 4.98 Å². The predicted molar refractivity (Wildman–Crippen MR) is 100 cm³/mol. The zero-order valence-corrected chi connectivity index (χ0v) is 15.3. The lowest BCUT2D eigenvalue weighted by atomic mass is 10.3. The van der Waals surface area contributed by atoms with Crippen molar-refractivity contribution >= 4 is 38.6 Å². The second-order valence-electron chi connectivity index (χ2n) is 5.26. The van der Waals surface area contributed by atoms with E-state index in [0.29, 0.717) is 0 Å². The SMILES string of the molecule is COc1cccc(Nc2ccc(NS(=O)(=O)c3ccc(C)s3)nc2)c1. The molecule has 6 nitrogen and oxygen atoms in total. The Bertz CT molecular complexity index is 967. The Hall–Kier alpha value is -2.58. The van der Waals surface area contributed by atoms with Crippen molar-refractivity contribution in [2.24, 2.45) is 0 Å². The number of aromatic nitrogens is 1. The fraction of sp³-hybridized carbons (Fsp3) is 0.118. The van der Waals surface area contributed by atoms with Crippen LogP contribution in [0.3, 0.4) is 0 Å². The van der Waals surface area contributed by atoms with E-state index < -0.39 is 10.0 Å². The van der Waals surface area contributed by atoms with E-state index in [1.54, 1.807) is 37.6 Å². The molecule has 0 aliphatic carbocycles. The Morgan fingerprint density at radius 3 is 2.56 bits per heavy atom. The van der Waals surface area contributed by atoms with Crippen LogP contribution in [0.2, 0.25) is 0 Å². The lowest BCUT2D eigenvalue weighted by Crippen LogP contribution is -2.12. The van der Waals surface area contributed by atoms with Crippen LogP contribution in [-0.4, -0.2) is 20.5 Å². The van der Waals surface area contributed by atoms with Gasteiger partial charge < -0.3 is 10.1 Å². The first-order valence-corrected chi connectivity index (χ1v) is 9.73. The summed E-state index contributed by atoms with van der Waals surface area (Å²) in [6.45, 7) is 1.86. The number of methoxy groups -OCH3 is 1. The molecule has 0 fully saturated rings. The van der Waals surface area contributed by atoms with Gasteiger partial charge in [0.15, 0.2) is 0 Å². The minimum absolute atomic E-state index is 0.266. The third-order valence-electron chi connectivity index (χ3n) is 3.34. The van der Waals surface area contributed by atoms with Crippen LogP contribution in [0.1, 0.15) is 4.88 Å². The summed E-state index contributed by atoms with van der Waals surface area (Å²) in [6, 6.07) is 14.2. The number of nitrogens with zero attached hydrogens (tertiary/aromatic N) is 1. The van der Waals surface area contributed by atoms with Gasteiger partial charge in [0, 0.05) is 16.6 Å². The average molecular weight is 375 g/mol. The number of aryl methyl sites for hydroxylation is 1. The molecule has 1 aromatic carbocycles. The largest absolute Gasteiger partial charge is 0.497 e. The lowest BCUT2D eigenvalue weighted by molar-refractivity contribution is 0.415. The van der Waals surface area contributed by atoms with Crippen molar-refractivity contribution in [3.63, 3.8) is 0 Å². The number of sulfonamides is 1. The molecule has 0 amide bonds. The van der Waals surface area contributed by atoms with Crippen LogP contribution < -0.4 is 14.8 Å². The maximum atomic E-state index is 12.3. The summed E-state index contributed by atoms with van der Waals surface area (Å²) < 4.78 is 32.5. The lowest BCUT2D eigenvalue weighted by Gasteiger charge is -2.09. The van der Waals surface area contributed by atoms with Crippen molar-refractivity contribution in [2.45, 2.75) is 11.1 Å². The summed E-state index contributed by atoms with van der Waals surface area (Å²) in [5.74, 6) is 1.01. The van der Waals surface area contributed by atoms with Crippen LogP contribution in [0.4, 0.5) is 17.2 Å². The van der Waals surface area contributed by atoms with Crippen molar-refractivity contribution < 1.29 is 13.2 Å². The molecule has 8 heteroatoms. The number of thiophene rings is 1. The maximum Gasteiger partial charge on any atom is 0.272 e. The van der Waals surface area contributed by atoms with Crippen molar-refractivity contribution in [1.29, 1.82) is 0 Å². The van der Waals surface area contributed by atoms with Gasteiger partial charge in [0.05, 0.1) is 19.0 Å². The molecule has 0 aliphatic rings. The van der Waals surface area contributed by atoms with Crippen LogP contribution in [0.15, 0.2) is 58.9 Å². The topological polar surface area (TPSA) is 80.3 Å². The smallest absolute Gasteiger partial charge is 0.272 e. The number of benzene rings is 1. The molecule has 0 unspecified atom stereocenters. The molecule has 0 saturated carbocycles. The number of anilines is 3. The van der Waals surface area contributed by atoms with Gasteiger partial charge in [-0.2, -0.15) is 0 Å². The van der Waals surface area contributed by atoms with E-state index in [0.717, 1.165) is 22.0 Å². The Kier molecular flexibility index (Phi) is 4.91. The van der Waals surface area contributed by atoms with Gasteiger partial charge in [-0.3, -0.25) is 4.72 Å². The molecule has 2 heterocycles. The molecule has 0 spiro atoms. The number of ether oxygens (including phenoxy) is 1. The van der Waals surface area contributed by atoms with E-state index in [1.165, 1.54) is 11.3 Å². The summed E-state index contributed by atoms with van der Waals surface area (Å²) in [5, 5.41) is 3.19. The molecule has 0 radical (unpaired) electrons. The van der Waals surface area contributed by atoms with Gasteiger partial charge in [0.25, 0.3) is 10.0 Å². The second-order valence-corrected chi connectivity index (χ2v) is 8.46. The van der Waals surface area contributed by atoms with E-state index in [9.17, 15) is 8.42 Å². The van der Waals surface area contributed by atoms with Gasteiger partial charge in [-0.05, 0) is 43.3 Å². The molecular weight excluding hydrogens is 358 g/mol. The first-order chi connectivity index (χ1) is 12.0. The van der Waals surface area contributed by atoms with Crippen LogP contribution in [-0.2, 0) is 10.0 Å². The normalized spacial score (nSPS) is 11.1. The molecule has 2 aromatic heterocycles. The minimum atomic E-state index is -3.60. The third-order valence-corrected chi connectivity index (χ3v) is 6.19. The molecule has 130 valence electrons. The highest BCUT2D eigenvalue weighted by Crippen LogP contribution is 2.24. The molecule has 3 aromatic rings. The Morgan fingerprint density at radius 2 is 1.92 bits per heavy atom. The van der Waals surface area contributed by atoms with Crippen LogP contribution >= 0.6 is 11.3 Å². The highest BCUT2D eigenvalue weighted by Gasteiger charge is 2.16. The van der Waals surface area contributed by atoms with Crippen LogP contribution in [0, 0.1) is 6.92 Å². The van der Waals surface area contributed by atoms with Gasteiger partial charge in [-0.15, -0.1) is 11.3 Å². The highest BCUT2D eigenvalue weighted by atomic mass is 32.2. The molecule has 0 bridgehead atoms. The fourth-order valence-electron chi connectivity index (χ4n) is 2.14. The molecule has 0 atom stereocenters. The van der Waals surface area contributed by atoms with Crippen LogP contribution in [0.5, 0.6) is 5.75 Å². The second kappa shape index (κ2) is 7.12. The first-order valence-electron chi connectivity index (χ1n) is 7.43. The zero-order chi connectivity index (χ0) is 17.9. The van der Waals surface area contributed by atoms with Gasteiger partial charge in [-0.25, -0.2) is 13.4 Å². The number of rotatable bonds is 6. The number of nitrogens with one attached hydrogen (secondary N) is 2. The van der Waals surface area contributed by atoms with E-state index in [-0.39, 0.29) is 10.0 Å². The Morgan fingerprint density at radius 1 is 1.08 bits per heavy atom. The zero-order valence-electron chi connectivity index (χ0n) is 13.7. The van der Waals surface area contributed by atoms with Gasteiger partial charge in [0.1, 0.15) is 15.8 Å². The Balaban J connectivity index is 1.71. The average Bonchev–Trinajstić information content (AvgIpc) is 3.04. The number of pyridine rings is 1. The fourth-order valence-corrected chi connectivity index (χ4v) is 4.43. The highest BCUT2D eigenvalue weighted by molar-refractivity contribution is 7.94. The number of hydrogen-bond donors (Lipinski definition) is 2. The molecule has 2 N–H and O–H groups in total. The van der Waals surface area contributed by atoms with E-state index in [4.69, 9.17) is 4.74 Å². The minimum Gasteiger partial charge on any atom is -0.497 e. The van der Waals surface area contributed by atoms with Gasteiger partial charge in [-0.1, -0.05) is 6.07 Å². The summed E-state index contributed by atoms with van der Waals surface area (Å²) in [5.41, 5.74) is 1.59. The summed E-state index contributed by atoms with van der Waals surface area (Å²) >= 11 is 1.22. The summed E-state index contributed by atoms with van der Waals surface area (Å²) in [6.07, 6.45) is 1.57. The van der Waals surface area contributed by atoms with E-state index >= 15 is 0 Å². The molecule has 0 aliphatic heterocycles. The van der Waals surface area contributed by atoms with E-state index in [1.807, 2.05) is 31.2 Å². The van der Waals surface area contributed by atoms with Gasteiger partial charge in [0.2, 0.25) is 0 Å². The number of hydrogen-bond acceptors (Lipinski definition) is 6. The molecular formula is C17H17N3O3S2. The summed E-state index contributed by atoms with van der Waals surface area (Å²) in [4.78, 5) is 5.09. The van der Waals surface area contributed by atoms with E-state index in [2.05, 4.69) is 15.0 Å². The summed E-state index contributed by atoms with van der Waals surface area (Å²) in [7, 11) is -2.00. The van der Waals surface area contributed by atoms with Crippen LogP contribution in [0.25, 0.3) is 0 Å². The van der Waals surface area contributed by atoms with Crippen molar-refractivity contribution in [2.75, 3.05) is 17.1 Å². The predicted octanol–water partition coefficient (Wildman–Crippen LogP) is 4.00. The molecule has 0 saturated heterocycles. The molecule has 25 heavy (non-hydrogen) atoms. The Labute approximate surface area is 150 Å². The molecule has 3 rings (SSSR count). The van der Waals surface area contributed by atoms with Gasteiger partial charge >= 0.3 is 0 Å².